The van der Waals surface area contributed by atoms with Gasteiger partial charge < -0.3 is 10.2 Å². The van der Waals surface area contributed by atoms with Gasteiger partial charge in [-0.3, -0.25) is 24.2 Å². The van der Waals surface area contributed by atoms with Crippen molar-refractivity contribution in [3.63, 3.8) is 0 Å². The molecule has 1 N–H and O–H groups in total. The Bertz CT molecular complexity index is 1000. The zero-order chi connectivity index (χ0) is 22.0. The zero-order valence-corrected chi connectivity index (χ0v) is 17.9. The smallest absolute Gasteiger partial charge is 0.257 e. The van der Waals surface area contributed by atoms with E-state index in [0.717, 1.165) is 32.5 Å². The summed E-state index contributed by atoms with van der Waals surface area (Å²) in [5, 5.41) is 2.86. The Morgan fingerprint density at radius 2 is 1.90 bits per heavy atom. The number of pyridine rings is 1. The summed E-state index contributed by atoms with van der Waals surface area (Å²) >= 11 is 0. The quantitative estimate of drug-likeness (QED) is 0.820. The average Bonchev–Trinajstić information content (AvgIpc) is 2.89. The predicted molar refractivity (Wildman–Crippen MR) is 118 cm³/mol. The number of para-hydroxylation sites is 1. The summed E-state index contributed by atoms with van der Waals surface area (Å²) in [6, 6.07) is 10.6. The van der Waals surface area contributed by atoms with Gasteiger partial charge in [-0.15, -0.1) is 0 Å². The van der Waals surface area contributed by atoms with Crippen molar-refractivity contribution < 1.29 is 14.4 Å². The Morgan fingerprint density at radius 1 is 1.16 bits per heavy atom. The molecule has 0 spiro atoms. The molecule has 0 aliphatic carbocycles. The Hall–Kier alpha value is -3.26. The maximum atomic E-state index is 13.5. The molecule has 1 aromatic heterocycles. The van der Waals surface area contributed by atoms with Gasteiger partial charge in [-0.05, 0) is 56.1 Å². The van der Waals surface area contributed by atoms with Crippen LogP contribution in [0.15, 0.2) is 42.6 Å². The van der Waals surface area contributed by atoms with Crippen LogP contribution in [0.2, 0.25) is 0 Å². The number of likely N-dealkylation sites (tertiary alicyclic amines) is 1. The first kappa shape index (κ1) is 21.0. The zero-order valence-electron chi connectivity index (χ0n) is 17.9. The number of hydrogen-bond acceptors (Lipinski definition) is 5. The molecule has 2 aliphatic rings. The molecule has 3 amide bonds. The van der Waals surface area contributed by atoms with Gasteiger partial charge >= 0.3 is 0 Å². The van der Waals surface area contributed by atoms with Crippen LogP contribution in [0.3, 0.4) is 0 Å². The highest BCUT2D eigenvalue weighted by atomic mass is 16.2. The summed E-state index contributed by atoms with van der Waals surface area (Å²) in [5.41, 5.74) is 1.50. The van der Waals surface area contributed by atoms with Crippen LogP contribution >= 0.6 is 0 Å². The van der Waals surface area contributed by atoms with Crippen LogP contribution in [0.1, 0.15) is 30.1 Å². The van der Waals surface area contributed by atoms with E-state index in [1.54, 1.807) is 53.3 Å². The Morgan fingerprint density at radius 3 is 2.65 bits per heavy atom. The van der Waals surface area contributed by atoms with Crippen LogP contribution in [-0.2, 0) is 9.59 Å². The van der Waals surface area contributed by atoms with Gasteiger partial charge in [-0.2, -0.15) is 0 Å². The minimum Gasteiger partial charge on any atom is -0.346 e. The third kappa shape index (κ3) is 4.44. The van der Waals surface area contributed by atoms with Crippen molar-refractivity contribution in [2.75, 3.05) is 43.4 Å². The van der Waals surface area contributed by atoms with Gasteiger partial charge in [-0.1, -0.05) is 12.1 Å². The van der Waals surface area contributed by atoms with Crippen molar-refractivity contribution in [2.45, 2.75) is 19.8 Å². The summed E-state index contributed by atoms with van der Waals surface area (Å²) in [5.74, 6) is 0.581. The Kier molecular flexibility index (Phi) is 5.99. The maximum Gasteiger partial charge on any atom is 0.257 e. The average molecular weight is 422 g/mol. The van der Waals surface area contributed by atoms with Gasteiger partial charge in [0, 0.05) is 26.7 Å². The molecule has 0 radical (unpaired) electrons. The van der Waals surface area contributed by atoms with Crippen LogP contribution < -0.4 is 10.2 Å². The van der Waals surface area contributed by atoms with Crippen LogP contribution in [-0.4, -0.2) is 65.7 Å². The van der Waals surface area contributed by atoms with E-state index in [0.29, 0.717) is 28.7 Å². The molecule has 0 saturated carbocycles. The number of piperidine rings is 1. The molecular weight excluding hydrogens is 394 g/mol. The van der Waals surface area contributed by atoms with E-state index in [1.807, 2.05) is 13.1 Å². The second kappa shape index (κ2) is 8.85. The van der Waals surface area contributed by atoms with E-state index in [2.05, 4.69) is 15.2 Å². The monoisotopic (exact) mass is 421 g/mol. The van der Waals surface area contributed by atoms with Crippen LogP contribution in [0.5, 0.6) is 0 Å². The molecule has 162 valence electrons. The molecule has 8 nitrogen and oxygen atoms in total. The standard InChI is InChI=1S/C23H27N5O3/c1-16(29)26(2)14-17-9-12-27(13-10-17)15-21(30)28-20-8-4-3-6-18(20)23(31)25-19-7-5-11-24-22(19)28/h3-8,11,17H,9-10,12-15H2,1-2H3,(H,25,31). The Labute approximate surface area is 181 Å². The molecule has 0 unspecified atom stereocenters. The highest BCUT2D eigenvalue weighted by molar-refractivity contribution is 6.17. The van der Waals surface area contributed by atoms with Gasteiger partial charge in [0.25, 0.3) is 5.91 Å². The van der Waals surface area contributed by atoms with Gasteiger partial charge in [0.2, 0.25) is 11.8 Å². The number of amides is 3. The van der Waals surface area contributed by atoms with Gasteiger partial charge in [-0.25, -0.2) is 4.98 Å². The third-order valence-electron chi connectivity index (χ3n) is 6.02. The molecule has 2 aliphatic heterocycles. The van der Waals surface area contributed by atoms with Crippen LogP contribution in [0, 0.1) is 5.92 Å². The molecule has 4 rings (SSSR count). The molecule has 1 fully saturated rings. The van der Waals surface area contributed by atoms with Crippen molar-refractivity contribution in [3.05, 3.63) is 48.2 Å². The Balaban J connectivity index is 1.51. The van der Waals surface area contributed by atoms with Gasteiger partial charge in [0.15, 0.2) is 5.82 Å². The number of fused-ring (bicyclic) bond motifs is 2. The number of carbonyl (C=O) groups is 3. The predicted octanol–water partition coefficient (Wildman–Crippen LogP) is 2.50. The fourth-order valence-electron chi connectivity index (χ4n) is 4.19. The number of rotatable bonds is 4. The van der Waals surface area contributed by atoms with E-state index in [1.165, 1.54) is 0 Å². The minimum atomic E-state index is -0.254. The number of nitrogens with one attached hydrogen (secondary N) is 1. The van der Waals surface area contributed by atoms with Gasteiger partial charge in [0.05, 0.1) is 23.5 Å². The highest BCUT2D eigenvalue weighted by Gasteiger charge is 2.31. The second-order valence-electron chi connectivity index (χ2n) is 8.19. The van der Waals surface area contributed by atoms with Crippen molar-refractivity contribution in [1.82, 2.24) is 14.8 Å². The molecule has 1 aromatic carbocycles. The van der Waals surface area contributed by atoms with E-state index >= 15 is 0 Å². The number of anilines is 3. The fraction of sp³-hybridized carbons (Fsp3) is 0.391. The first-order valence-corrected chi connectivity index (χ1v) is 10.6. The van der Waals surface area contributed by atoms with Crippen molar-refractivity contribution in [3.8, 4) is 0 Å². The number of nitrogens with zero attached hydrogens (tertiary/aromatic N) is 4. The lowest BCUT2D eigenvalue weighted by Crippen LogP contribution is -2.44. The summed E-state index contributed by atoms with van der Waals surface area (Å²) in [4.78, 5) is 47.5. The van der Waals surface area contributed by atoms with Crippen molar-refractivity contribution in [1.29, 1.82) is 0 Å². The molecular formula is C23H27N5O3. The summed E-state index contributed by atoms with van der Waals surface area (Å²) in [6.45, 7) is 4.17. The number of carbonyl (C=O) groups excluding carboxylic acids is 3. The van der Waals surface area contributed by atoms with E-state index < -0.39 is 0 Å². The lowest BCUT2D eigenvalue weighted by molar-refractivity contribution is -0.128. The first-order chi connectivity index (χ1) is 14.9. The number of hydrogen-bond donors (Lipinski definition) is 1. The molecule has 0 atom stereocenters. The van der Waals surface area contributed by atoms with Gasteiger partial charge in [0.1, 0.15) is 0 Å². The third-order valence-corrected chi connectivity index (χ3v) is 6.02. The molecule has 1 saturated heterocycles. The number of aromatic nitrogens is 1. The van der Waals surface area contributed by atoms with Crippen molar-refractivity contribution >= 4 is 34.9 Å². The summed E-state index contributed by atoms with van der Waals surface area (Å²) < 4.78 is 0. The van der Waals surface area contributed by atoms with Crippen LogP contribution in [0.25, 0.3) is 0 Å². The largest absolute Gasteiger partial charge is 0.346 e. The van der Waals surface area contributed by atoms with E-state index in [-0.39, 0.29) is 24.3 Å². The van der Waals surface area contributed by atoms with E-state index in [4.69, 9.17) is 0 Å². The number of benzene rings is 1. The topological polar surface area (TPSA) is 85.9 Å². The van der Waals surface area contributed by atoms with Crippen molar-refractivity contribution in [2.24, 2.45) is 5.92 Å². The molecule has 2 aromatic rings. The summed E-state index contributed by atoms with van der Waals surface area (Å²) in [7, 11) is 1.83. The molecule has 31 heavy (non-hydrogen) atoms. The normalized spacial score (nSPS) is 16.7. The molecule has 0 bridgehead atoms. The lowest BCUT2D eigenvalue weighted by atomic mass is 9.96. The highest BCUT2D eigenvalue weighted by Crippen LogP contribution is 2.36. The van der Waals surface area contributed by atoms with Crippen LogP contribution in [0.4, 0.5) is 17.2 Å². The fourth-order valence-corrected chi connectivity index (χ4v) is 4.19. The summed E-state index contributed by atoms with van der Waals surface area (Å²) in [6.07, 6.45) is 3.50. The molecule has 3 heterocycles. The minimum absolute atomic E-state index is 0.0757. The SMILES string of the molecule is CC(=O)N(C)CC1CCN(CC(=O)N2c3ccccc3C(=O)Nc3cccnc32)CC1. The maximum absolute atomic E-state index is 13.5. The van der Waals surface area contributed by atoms with E-state index in [9.17, 15) is 14.4 Å². The lowest BCUT2D eigenvalue weighted by Gasteiger charge is -2.34. The second-order valence-corrected chi connectivity index (χ2v) is 8.19. The first-order valence-electron chi connectivity index (χ1n) is 10.6. The molecule has 8 heteroatoms.